The molecule has 0 unspecified atom stereocenters. The molecule has 8 heteroatoms. The Morgan fingerprint density at radius 3 is 2.52 bits per heavy atom. The van der Waals surface area contributed by atoms with E-state index in [1.807, 2.05) is 17.0 Å². The van der Waals surface area contributed by atoms with Gasteiger partial charge in [0, 0.05) is 38.9 Å². The Morgan fingerprint density at radius 2 is 1.91 bits per heavy atom. The lowest BCUT2D eigenvalue weighted by atomic mass is 9.68. The predicted molar refractivity (Wildman–Crippen MR) is 126 cm³/mol. The van der Waals surface area contributed by atoms with Crippen LogP contribution in [0.4, 0.5) is 4.79 Å². The number of hydrogen-bond donors (Lipinski definition) is 1. The van der Waals surface area contributed by atoms with Crippen molar-refractivity contribution in [1.82, 2.24) is 20.0 Å². The van der Waals surface area contributed by atoms with Crippen molar-refractivity contribution < 1.29 is 14.3 Å². The summed E-state index contributed by atoms with van der Waals surface area (Å²) in [6.45, 7) is 2.12. The smallest absolute Gasteiger partial charge is 0.321 e. The normalized spacial score (nSPS) is 25.0. The van der Waals surface area contributed by atoms with Crippen LogP contribution in [0.1, 0.15) is 44.1 Å². The molecule has 2 fully saturated rings. The maximum Gasteiger partial charge on any atom is 0.321 e. The van der Waals surface area contributed by atoms with Crippen molar-refractivity contribution in [3.63, 3.8) is 0 Å². The molecule has 33 heavy (non-hydrogen) atoms. The van der Waals surface area contributed by atoms with Crippen LogP contribution in [-0.4, -0.2) is 86.2 Å². The van der Waals surface area contributed by atoms with Gasteiger partial charge in [0.25, 0.3) is 0 Å². The molecule has 1 N–H and O–H groups in total. The van der Waals surface area contributed by atoms with E-state index in [0.717, 1.165) is 32.1 Å². The van der Waals surface area contributed by atoms with Crippen LogP contribution in [0.3, 0.4) is 0 Å². The summed E-state index contributed by atoms with van der Waals surface area (Å²) >= 11 is 0. The number of nitrogens with one attached hydrogen (secondary N) is 1. The minimum Gasteiger partial charge on any atom is -0.385 e. The molecule has 2 aliphatic rings. The molecule has 1 heterocycles. The summed E-state index contributed by atoms with van der Waals surface area (Å²) in [5.41, 5.74) is 0.982. The van der Waals surface area contributed by atoms with Gasteiger partial charge in [0.05, 0.1) is 18.0 Å². The Labute approximate surface area is 197 Å². The molecule has 8 nitrogen and oxygen atoms in total. The zero-order valence-electron chi connectivity index (χ0n) is 20.2. The average molecular weight is 456 g/mol. The second-order valence-corrected chi connectivity index (χ2v) is 9.41. The first-order valence-electron chi connectivity index (χ1n) is 11.8. The van der Waals surface area contributed by atoms with Gasteiger partial charge in [0.1, 0.15) is 6.54 Å². The topological polar surface area (TPSA) is 88.9 Å². The Balaban J connectivity index is 1.78. The summed E-state index contributed by atoms with van der Waals surface area (Å²) in [6.07, 6.45) is 4.68. The molecule has 1 aromatic rings. The zero-order chi connectivity index (χ0) is 23.9. The molecule has 3 rings (SSSR count). The fourth-order valence-corrected chi connectivity index (χ4v) is 5.49. The van der Waals surface area contributed by atoms with Crippen molar-refractivity contribution in [2.45, 2.75) is 49.6 Å². The SMILES string of the molecule is COCCCN1C(=O)N(CC(=O)NCCC#N)C[C@]12CC[C@@](c1ccccc1)(N(C)C)CC2. The quantitative estimate of drug-likeness (QED) is 0.548. The maximum atomic E-state index is 13.4. The number of carbonyl (C=O) groups is 2. The van der Waals surface area contributed by atoms with Gasteiger partial charge in [-0.25, -0.2) is 4.79 Å². The number of ether oxygens (including phenoxy) is 1. The van der Waals surface area contributed by atoms with Gasteiger partial charge in [0.15, 0.2) is 0 Å². The minimum atomic E-state index is -0.272. The molecule has 1 aliphatic heterocycles. The fourth-order valence-electron chi connectivity index (χ4n) is 5.49. The van der Waals surface area contributed by atoms with Crippen molar-refractivity contribution in [3.05, 3.63) is 35.9 Å². The number of nitriles is 1. The molecule has 1 saturated carbocycles. The van der Waals surface area contributed by atoms with Crippen LogP contribution < -0.4 is 5.32 Å². The van der Waals surface area contributed by atoms with E-state index in [9.17, 15) is 9.59 Å². The Hall–Kier alpha value is -2.63. The highest BCUT2D eigenvalue weighted by Gasteiger charge is 2.54. The number of carbonyl (C=O) groups excluding carboxylic acids is 2. The lowest BCUT2D eigenvalue weighted by Crippen LogP contribution is -2.55. The van der Waals surface area contributed by atoms with E-state index in [0.29, 0.717) is 26.2 Å². The summed E-state index contributed by atoms with van der Waals surface area (Å²) in [4.78, 5) is 31.7. The number of benzene rings is 1. The molecule has 0 radical (unpaired) electrons. The molecule has 1 aromatic carbocycles. The average Bonchev–Trinajstić information content (AvgIpc) is 3.06. The molecular formula is C25H37N5O3. The first kappa shape index (κ1) is 25.0. The van der Waals surface area contributed by atoms with Gasteiger partial charge in [-0.05, 0) is 51.8 Å². The van der Waals surface area contributed by atoms with Gasteiger partial charge in [-0.1, -0.05) is 30.3 Å². The van der Waals surface area contributed by atoms with E-state index in [2.05, 4.69) is 48.6 Å². The van der Waals surface area contributed by atoms with E-state index >= 15 is 0 Å². The van der Waals surface area contributed by atoms with Crippen LogP contribution in [0, 0.1) is 11.3 Å². The maximum absolute atomic E-state index is 13.4. The van der Waals surface area contributed by atoms with Crippen LogP contribution in [0.25, 0.3) is 0 Å². The van der Waals surface area contributed by atoms with Crippen LogP contribution in [0.5, 0.6) is 0 Å². The molecule has 3 amide bonds. The van der Waals surface area contributed by atoms with E-state index < -0.39 is 0 Å². The molecule has 0 bridgehead atoms. The second-order valence-electron chi connectivity index (χ2n) is 9.41. The molecule has 1 saturated heterocycles. The van der Waals surface area contributed by atoms with Gasteiger partial charge in [0.2, 0.25) is 5.91 Å². The van der Waals surface area contributed by atoms with Crippen molar-refractivity contribution in [1.29, 1.82) is 5.26 Å². The summed E-state index contributed by atoms with van der Waals surface area (Å²) in [5.74, 6) is -0.213. The summed E-state index contributed by atoms with van der Waals surface area (Å²) in [5, 5.41) is 11.4. The van der Waals surface area contributed by atoms with Crippen LogP contribution in [0.2, 0.25) is 0 Å². The predicted octanol–water partition coefficient (Wildman–Crippen LogP) is 2.56. The summed E-state index contributed by atoms with van der Waals surface area (Å²) in [6, 6.07) is 12.6. The van der Waals surface area contributed by atoms with Gasteiger partial charge < -0.3 is 19.9 Å². The number of nitrogens with zero attached hydrogens (tertiary/aromatic N) is 4. The van der Waals surface area contributed by atoms with E-state index in [-0.39, 0.29) is 36.0 Å². The summed E-state index contributed by atoms with van der Waals surface area (Å²) in [7, 11) is 5.95. The van der Waals surface area contributed by atoms with Crippen molar-refractivity contribution in [2.75, 3.05) is 54.0 Å². The van der Waals surface area contributed by atoms with E-state index in [1.54, 1.807) is 12.0 Å². The molecule has 0 aromatic heterocycles. The minimum absolute atomic E-state index is 0.0320. The van der Waals surface area contributed by atoms with E-state index in [4.69, 9.17) is 10.00 Å². The lowest BCUT2D eigenvalue weighted by molar-refractivity contribution is -0.121. The van der Waals surface area contributed by atoms with Crippen molar-refractivity contribution in [2.24, 2.45) is 0 Å². The second kappa shape index (κ2) is 11.0. The number of rotatable bonds is 10. The monoisotopic (exact) mass is 455 g/mol. The number of urea groups is 1. The summed E-state index contributed by atoms with van der Waals surface area (Å²) < 4.78 is 5.23. The third-order valence-corrected chi connectivity index (χ3v) is 7.36. The van der Waals surface area contributed by atoms with E-state index in [1.165, 1.54) is 5.56 Å². The zero-order valence-corrected chi connectivity index (χ0v) is 20.2. The highest BCUT2D eigenvalue weighted by atomic mass is 16.5. The number of methoxy groups -OCH3 is 1. The molecule has 0 atom stereocenters. The van der Waals surface area contributed by atoms with Gasteiger partial charge >= 0.3 is 6.03 Å². The van der Waals surface area contributed by atoms with Gasteiger partial charge in [-0.3, -0.25) is 9.69 Å². The van der Waals surface area contributed by atoms with Crippen molar-refractivity contribution in [3.8, 4) is 6.07 Å². The highest BCUT2D eigenvalue weighted by Crippen LogP contribution is 2.48. The van der Waals surface area contributed by atoms with Gasteiger partial charge in [-0.2, -0.15) is 5.26 Å². The Kier molecular flexibility index (Phi) is 8.33. The largest absolute Gasteiger partial charge is 0.385 e. The molecule has 1 aliphatic carbocycles. The Bertz CT molecular complexity index is 843. The first-order chi connectivity index (χ1) is 15.9. The van der Waals surface area contributed by atoms with Crippen molar-refractivity contribution >= 4 is 11.9 Å². The standard InChI is InChI=1S/C25H37N5O3/c1-28(2)25(21-9-5-4-6-10-21)13-11-24(12-14-25)20-29(19-22(31)27-16-7-15-26)23(32)30(24)17-8-18-33-3/h4-6,9-10H,7-8,11-14,16-20H2,1-3H3,(H,27,31)/t24-,25-. The molecule has 1 spiro atoms. The van der Waals surface area contributed by atoms with Gasteiger partial charge in [-0.15, -0.1) is 0 Å². The Morgan fingerprint density at radius 1 is 1.21 bits per heavy atom. The fraction of sp³-hybridized carbons (Fsp3) is 0.640. The molecular weight excluding hydrogens is 418 g/mol. The number of amides is 3. The third-order valence-electron chi connectivity index (χ3n) is 7.36. The highest BCUT2D eigenvalue weighted by molar-refractivity contribution is 5.86. The lowest BCUT2D eigenvalue weighted by Gasteiger charge is -2.51. The van der Waals surface area contributed by atoms with Crippen LogP contribution in [0.15, 0.2) is 30.3 Å². The van der Waals surface area contributed by atoms with Crippen LogP contribution in [-0.2, 0) is 15.1 Å². The third kappa shape index (κ3) is 5.31. The van der Waals surface area contributed by atoms with Crippen LogP contribution >= 0.6 is 0 Å². The first-order valence-corrected chi connectivity index (χ1v) is 11.8. The molecule has 180 valence electrons. The number of hydrogen-bond acceptors (Lipinski definition) is 5.